The number of nitrogens with zero attached hydrogens (tertiary/aromatic N) is 2. The van der Waals surface area contributed by atoms with E-state index in [2.05, 4.69) is 58.3 Å². The third-order valence-electron chi connectivity index (χ3n) is 23.0. The molecule has 0 fully saturated rings. The van der Waals surface area contributed by atoms with Crippen LogP contribution >= 0.6 is 11.8 Å². The number of benzene rings is 9. The van der Waals surface area contributed by atoms with Gasteiger partial charge in [-0.15, -0.1) is 0 Å². The number of hydrogen-bond acceptors (Lipinski definition) is 22. The van der Waals surface area contributed by atoms with Crippen molar-refractivity contribution in [3.05, 3.63) is 326 Å². The van der Waals surface area contributed by atoms with E-state index < -0.39 is 162 Å². The van der Waals surface area contributed by atoms with Gasteiger partial charge in [0.05, 0.1) is 50.7 Å². The van der Waals surface area contributed by atoms with Crippen LogP contribution in [0.4, 0.5) is 10.5 Å². The zero-order chi connectivity index (χ0) is 101. The molecule has 0 saturated heterocycles. The first-order chi connectivity index (χ1) is 67.4. The number of carbonyl (C=O) groups excluding carboxylic acids is 11. The van der Waals surface area contributed by atoms with Gasteiger partial charge in [0, 0.05) is 55.6 Å². The molecule has 0 radical (unpaired) electrons. The Morgan fingerprint density at radius 3 is 1.34 bits per heavy atom. The van der Waals surface area contributed by atoms with Crippen LogP contribution in [0.15, 0.2) is 254 Å². The predicted octanol–water partition coefficient (Wildman–Crippen LogP) is 10.4. The number of nitrogens with two attached hydrogens (primary N) is 1. The molecule has 9 aromatic carbocycles. The Morgan fingerprint density at radius 1 is 0.429 bits per heavy atom. The van der Waals surface area contributed by atoms with E-state index >= 15 is 28.8 Å². The van der Waals surface area contributed by atoms with Crippen molar-refractivity contribution < 1.29 is 86.2 Å². The fourth-order valence-corrected chi connectivity index (χ4v) is 15.3. The number of ether oxygens (including phenoxy) is 5. The zero-order valence-electron chi connectivity index (χ0n) is 80.8. The SMILES string of the molecule is CCC(C)[C@H](NC(=O)[C@H](Cc1ccccc1)NC(=O)[C@H](Cc1ccc(CCc2ccccc2)cc1)NC(=O)[C@H](CN)NC(=O)[C@@H](NC(=O)[C@H](COCc1ccccc1)NC(=O)[C@H](Cc1ccc(CCc2ccccc2)cc1)NC(=O)COCCOCCNC(=O)[C@H](CC)NC(=O)OC(C)(C)C)C(C)OCc1ccccc1)C(=O)N[C@@H](CCSC)C(=O)O/N=C(\c1ccc(C)cc1)c1ccc([N+](=O)[O-])cc1. The van der Waals surface area contributed by atoms with E-state index in [4.69, 9.17) is 34.3 Å². The molecule has 0 bridgehead atoms. The van der Waals surface area contributed by atoms with Crippen molar-refractivity contribution in [3.8, 4) is 0 Å². The number of non-ortho nitro benzene ring substituents is 1. The van der Waals surface area contributed by atoms with Crippen molar-refractivity contribution in [2.24, 2.45) is 16.8 Å². The van der Waals surface area contributed by atoms with Crippen LogP contribution in [-0.4, -0.2) is 200 Å². The number of nitro groups is 1. The van der Waals surface area contributed by atoms with E-state index in [0.717, 1.165) is 40.7 Å². The Hall–Kier alpha value is -13.8. The summed E-state index contributed by atoms with van der Waals surface area (Å²) in [7, 11) is 0. The summed E-state index contributed by atoms with van der Waals surface area (Å²) in [4.78, 5) is 178. The van der Waals surface area contributed by atoms with Gasteiger partial charge in [-0.2, -0.15) is 11.8 Å². The van der Waals surface area contributed by atoms with Gasteiger partial charge in [0.1, 0.15) is 72.3 Å². The molecule has 0 spiro atoms. The van der Waals surface area contributed by atoms with Crippen molar-refractivity contribution >= 4 is 88.4 Å². The van der Waals surface area contributed by atoms with Crippen LogP contribution in [0.1, 0.15) is 134 Å². The van der Waals surface area contributed by atoms with Gasteiger partial charge >= 0.3 is 12.1 Å². The Morgan fingerprint density at radius 2 is 0.843 bits per heavy atom. The van der Waals surface area contributed by atoms with Gasteiger partial charge in [0.2, 0.25) is 53.2 Å². The van der Waals surface area contributed by atoms with E-state index in [9.17, 15) is 34.1 Å². The monoisotopic (exact) mass is 1930 g/mol. The molecule has 0 aliphatic heterocycles. The van der Waals surface area contributed by atoms with Crippen molar-refractivity contribution in [1.82, 2.24) is 53.2 Å². The molecule has 2 unspecified atom stereocenters. The molecule has 0 aromatic heterocycles. The first-order valence-corrected chi connectivity index (χ1v) is 48.5. The quantitative estimate of drug-likeness (QED) is 0.00554. The number of hydrogen-bond donors (Lipinski definition) is 11. The second-order valence-electron chi connectivity index (χ2n) is 35.1. The predicted molar refractivity (Wildman–Crippen MR) is 536 cm³/mol. The Kier molecular flexibility index (Phi) is 45.6. The second-order valence-corrected chi connectivity index (χ2v) is 36.1. The summed E-state index contributed by atoms with van der Waals surface area (Å²) in [5.74, 6) is -8.54. The van der Waals surface area contributed by atoms with Gasteiger partial charge in [-0.1, -0.05) is 262 Å². The average Bonchev–Trinajstić information content (AvgIpc) is 0.824. The smallest absolute Gasteiger partial charge is 0.408 e. The maximum absolute atomic E-state index is 15.6. The molecule has 32 nitrogen and oxygen atoms in total. The standard InChI is InChI=1S/C107H131N13O19S/c1-10-72(4)94(103(128)111-87(57-62-140-9)105(130)139-119-96(83-51-37-71(3)38-52-83)84-53-55-85(56-54-84)120(132)133)117-100(125)90(63-78-31-21-14-22-32-78)112-99(124)89(65-80-49-45-77(46-50-80)42-40-75-29-19-13-20-30-75)113-101(126)91(66-108)114-104(129)95(73(5)137-68-82-35-25-16-26-36-82)118-102(127)92(69-136-67-81-33-23-15-24-34-81)115-98(123)88(64-79-47-43-76(44-48-79)41-39-74-27-17-12-18-28-74)110-93(121)70-135-61-60-134-59-58-109-97(122)86(11-2)116-106(131)138-107(6,7)8/h12-38,43-56,72-73,86-92,94-95H,10-11,39-42,57-70,108H2,1-9H3,(H,109,122)(H,110,121)(H,111,128)(H,112,124)(H,113,126)(H,114,129)(H,115,123)(H,116,131)(H,117,125)(H,118,127)/b119-96+/t72?,73?,86-,87-,88-,89-,90-,91-,92-,94-,95-/m0/s1. The number of aryl methyl sites for hydroxylation is 5. The number of alkyl carbamates (subject to hydrolysis) is 1. The molecule has 10 amide bonds. The Bertz CT molecular complexity index is 5460. The fraction of sp³-hybridized carbons (Fsp3) is 0.383. The molecule has 9 rings (SSSR count). The molecule has 0 aliphatic carbocycles. The number of nitro benzene ring substituents is 1. The van der Waals surface area contributed by atoms with E-state index in [1.807, 2.05) is 154 Å². The third-order valence-corrected chi connectivity index (χ3v) is 23.6. The van der Waals surface area contributed by atoms with Crippen molar-refractivity contribution in [2.75, 3.05) is 58.1 Å². The maximum atomic E-state index is 15.6. The molecule has 0 heterocycles. The maximum Gasteiger partial charge on any atom is 0.408 e. The second kappa shape index (κ2) is 58.2. The minimum Gasteiger partial charge on any atom is -0.444 e. The first-order valence-electron chi connectivity index (χ1n) is 47.1. The van der Waals surface area contributed by atoms with Crippen molar-refractivity contribution in [1.29, 1.82) is 0 Å². The highest BCUT2D eigenvalue weighted by atomic mass is 32.2. The van der Waals surface area contributed by atoms with Crippen LogP contribution in [0.5, 0.6) is 0 Å². The van der Waals surface area contributed by atoms with E-state index in [-0.39, 0.29) is 76.7 Å². The largest absolute Gasteiger partial charge is 0.444 e. The summed E-state index contributed by atoms with van der Waals surface area (Å²) in [5, 5.41) is 43.7. The average molecular weight is 1940 g/mol. The molecule has 0 saturated carbocycles. The summed E-state index contributed by atoms with van der Waals surface area (Å²) in [6, 6.07) is 61.5. The number of rotatable bonds is 57. The van der Waals surface area contributed by atoms with Crippen LogP contribution in [0, 0.1) is 23.0 Å². The van der Waals surface area contributed by atoms with Crippen LogP contribution in [-0.2, 0) is 135 Å². The van der Waals surface area contributed by atoms with Crippen LogP contribution in [0.25, 0.3) is 0 Å². The minimum atomic E-state index is -1.69. The summed E-state index contributed by atoms with van der Waals surface area (Å²) in [6.07, 6.45) is 3.00. The van der Waals surface area contributed by atoms with Gasteiger partial charge in [0.15, 0.2) is 0 Å². The molecule has 12 N–H and O–H groups in total. The minimum absolute atomic E-state index is 0.00422. The molecular weight excluding hydrogens is 1800 g/mol. The van der Waals surface area contributed by atoms with E-state index in [1.54, 1.807) is 126 Å². The van der Waals surface area contributed by atoms with Gasteiger partial charge in [-0.3, -0.25) is 53.3 Å². The highest BCUT2D eigenvalue weighted by Crippen LogP contribution is 2.22. The lowest BCUT2D eigenvalue weighted by atomic mass is 9.96. The number of oxime groups is 1. The molecule has 0 aliphatic rings. The summed E-state index contributed by atoms with van der Waals surface area (Å²) >= 11 is 1.40. The Labute approximate surface area is 822 Å². The number of nitrogens with one attached hydrogen (secondary N) is 10. The number of carbonyl (C=O) groups is 11. The van der Waals surface area contributed by atoms with Gasteiger partial charge in [-0.25, -0.2) is 9.59 Å². The van der Waals surface area contributed by atoms with Crippen LogP contribution in [0.3, 0.4) is 0 Å². The van der Waals surface area contributed by atoms with E-state index in [0.29, 0.717) is 70.4 Å². The summed E-state index contributed by atoms with van der Waals surface area (Å²) < 4.78 is 29.3. The van der Waals surface area contributed by atoms with Gasteiger partial charge in [0.25, 0.3) is 5.69 Å². The third kappa shape index (κ3) is 38.2. The van der Waals surface area contributed by atoms with Gasteiger partial charge in [-0.05, 0) is 153 Å². The normalized spacial score (nSPS) is 13.7. The van der Waals surface area contributed by atoms with Crippen molar-refractivity contribution in [2.45, 2.75) is 199 Å². The molecule has 33 heteroatoms. The lowest BCUT2D eigenvalue weighted by Gasteiger charge is -2.30. The van der Waals surface area contributed by atoms with Crippen LogP contribution < -0.4 is 58.9 Å². The molecular formula is C107H131N13O19S. The summed E-state index contributed by atoms with van der Waals surface area (Å²) in [5.41, 5.74) is 15.0. The van der Waals surface area contributed by atoms with Crippen molar-refractivity contribution in [3.63, 3.8) is 0 Å². The van der Waals surface area contributed by atoms with E-state index in [1.165, 1.54) is 43.0 Å². The fourth-order valence-electron chi connectivity index (χ4n) is 14.8. The lowest BCUT2D eigenvalue weighted by molar-refractivity contribution is -0.384. The zero-order valence-corrected chi connectivity index (χ0v) is 81.6. The Balaban J connectivity index is 0.963. The topological polar surface area (TPSA) is 445 Å². The molecule has 140 heavy (non-hydrogen) atoms. The molecule has 9 aromatic rings. The molecule has 744 valence electrons. The van der Waals surface area contributed by atoms with Gasteiger partial charge < -0.3 is 87.4 Å². The first kappa shape index (κ1) is 110. The highest BCUT2D eigenvalue weighted by Gasteiger charge is 2.39. The molecule has 11 atom stereocenters. The van der Waals surface area contributed by atoms with Crippen LogP contribution in [0.2, 0.25) is 0 Å². The summed E-state index contributed by atoms with van der Waals surface area (Å²) in [6.45, 7) is 12.2. The number of thioether (sulfide) groups is 1. The highest BCUT2D eigenvalue weighted by molar-refractivity contribution is 7.98. The lowest BCUT2D eigenvalue weighted by Crippen LogP contribution is -2.63. The number of amides is 10.